The van der Waals surface area contributed by atoms with Gasteiger partial charge in [-0.1, -0.05) is 161 Å². The molecule has 15 rings (SSSR count). The molecule has 0 N–H and O–H groups in total. The van der Waals surface area contributed by atoms with Crippen molar-refractivity contribution < 1.29 is 21.9 Å². The van der Waals surface area contributed by atoms with Crippen molar-refractivity contribution in [2.45, 2.75) is 162 Å². The molecule has 432 valence electrons. The van der Waals surface area contributed by atoms with Gasteiger partial charge in [-0.3, -0.25) is 0 Å². The minimum absolute atomic E-state index is 0.151. The van der Waals surface area contributed by atoms with Gasteiger partial charge in [0.1, 0.15) is 21.1 Å². The summed E-state index contributed by atoms with van der Waals surface area (Å²) in [6.45, 7) is 8.65. The first-order chi connectivity index (χ1) is 43.6. The number of benzene rings is 6. The summed E-state index contributed by atoms with van der Waals surface area (Å²) in [5.74, 6) is 0. The van der Waals surface area contributed by atoms with Crippen LogP contribution < -0.4 is 13.7 Å². The summed E-state index contributed by atoms with van der Waals surface area (Å²) < 4.78 is 60.3. The standard InChI is InChI=1S/C28H32N.2C27H30N/c1-21-8-4-5-9-26(21)27-13-12-25(20-29(27)2)22-10-11-24-19-28(15-6-3-7-16-28)17-14-23(24)18-22;1-19-8-4-5-9-24(19)26-14-20(2)25(18-28(26)3)21-10-11-22-16-27(12-6-7-13-27)17-23(22)15-21;1-20-8-4-5-9-25(20)26-13-12-23(19-28(26)2)21-10-11-22-17-27(18-24(22)16-21)14-6-3-7-15-27/h4-5,8-13,18,20H,3,6-7,14-17,19H2,1-2H3;4-5,8-11,14-15,18H,6-7,12-13,16-17H2,1-3H3;4-5,8-13,16,19H,3,6-7,14-15,17-18H2,1-2H3/q3*+1/i19D2;16D2;17D2. The van der Waals surface area contributed by atoms with Crippen molar-refractivity contribution in [1.29, 1.82) is 0 Å². The Hall–Kier alpha value is -7.23. The second-order valence-electron chi connectivity index (χ2n) is 26.7. The van der Waals surface area contributed by atoms with Crippen LogP contribution in [0.2, 0.25) is 0 Å². The molecule has 6 aliphatic rings. The number of aromatic nitrogens is 3. The molecule has 3 spiro atoms. The van der Waals surface area contributed by atoms with Crippen molar-refractivity contribution in [2.24, 2.45) is 37.4 Å². The first-order valence-electron chi connectivity index (χ1n) is 35.2. The summed E-state index contributed by atoms with van der Waals surface area (Å²) in [7, 11) is 6.33. The third kappa shape index (κ3) is 11.8. The van der Waals surface area contributed by atoms with Gasteiger partial charge in [-0.25, -0.2) is 13.7 Å². The lowest BCUT2D eigenvalue weighted by Crippen LogP contribution is -2.31. The van der Waals surface area contributed by atoms with Crippen LogP contribution in [-0.2, 0) is 59.5 Å². The predicted molar refractivity (Wildman–Crippen MR) is 353 cm³/mol. The molecule has 0 aliphatic heterocycles. The third-order valence-electron chi connectivity index (χ3n) is 20.6. The van der Waals surface area contributed by atoms with E-state index in [1.165, 1.54) is 132 Å². The highest BCUT2D eigenvalue weighted by Crippen LogP contribution is 2.51. The van der Waals surface area contributed by atoms with Crippen LogP contribution in [0.25, 0.3) is 67.2 Å². The van der Waals surface area contributed by atoms with Crippen molar-refractivity contribution in [3.8, 4) is 67.2 Å². The molecule has 3 nitrogen and oxygen atoms in total. The zero-order valence-electron chi connectivity index (χ0n) is 57.8. The van der Waals surface area contributed by atoms with E-state index in [0.29, 0.717) is 0 Å². The van der Waals surface area contributed by atoms with Gasteiger partial charge in [0.25, 0.3) is 0 Å². The number of pyridine rings is 3. The Balaban J connectivity index is 0.000000125. The smallest absolute Gasteiger partial charge is 0.200 e. The fourth-order valence-electron chi connectivity index (χ4n) is 15.8. The normalized spacial score (nSPS) is 20.4. The molecular formula is C82H92N3+3. The predicted octanol–water partition coefficient (Wildman–Crippen LogP) is 18.9. The second-order valence-corrected chi connectivity index (χ2v) is 26.7. The molecule has 0 atom stereocenters. The van der Waals surface area contributed by atoms with Gasteiger partial charge in [0.15, 0.2) is 18.6 Å². The highest BCUT2D eigenvalue weighted by atomic mass is 14.9. The van der Waals surface area contributed by atoms with Crippen molar-refractivity contribution in [1.82, 2.24) is 0 Å². The van der Waals surface area contributed by atoms with Gasteiger partial charge in [-0.2, -0.15) is 0 Å². The average Bonchev–Trinajstić information content (AvgIpc) is 1.73. The van der Waals surface area contributed by atoms with Gasteiger partial charge >= 0.3 is 0 Å². The molecule has 0 bridgehead atoms. The van der Waals surface area contributed by atoms with E-state index in [9.17, 15) is 0 Å². The molecule has 6 aromatic carbocycles. The maximum absolute atomic E-state index is 9.07. The number of aryl methyl sites for hydroxylation is 8. The van der Waals surface area contributed by atoms with Gasteiger partial charge in [0.2, 0.25) is 17.1 Å². The molecule has 9 aromatic rings. The van der Waals surface area contributed by atoms with E-state index in [2.05, 4.69) is 239 Å². The van der Waals surface area contributed by atoms with E-state index in [4.69, 9.17) is 8.22 Å². The summed E-state index contributed by atoms with van der Waals surface area (Å²) in [6, 6.07) is 55.9. The SMILES string of the molecule is [2H]C1([2H])c2ccc(-c3c[n+](C)c(-c4ccccc4C)cc3C)cc2CC12CCCC2.[2H]C1([2H])c2ccc(-c3ccc(-c4ccccc4C)[n+](C)c3)cc2CC12CCCCC2.[2H]C1([2H])c2ccc(-c3ccc(-c4ccccc4C)[n+](C)c3)cc2CCC12CCCCC2. The average molecular weight is 1130 g/mol. The van der Waals surface area contributed by atoms with Crippen LogP contribution in [-0.4, -0.2) is 0 Å². The van der Waals surface area contributed by atoms with Crippen molar-refractivity contribution in [3.63, 3.8) is 0 Å². The highest BCUT2D eigenvalue weighted by Gasteiger charge is 2.41. The van der Waals surface area contributed by atoms with Crippen LogP contribution in [0.4, 0.5) is 0 Å². The van der Waals surface area contributed by atoms with Crippen LogP contribution in [0.15, 0.2) is 176 Å². The monoisotopic (exact) mass is 1120 g/mol. The lowest BCUT2D eigenvalue weighted by molar-refractivity contribution is -0.660. The Bertz CT molecular complexity index is 4230. The van der Waals surface area contributed by atoms with E-state index in [0.717, 1.165) is 107 Å². The fraction of sp³-hybridized carbons (Fsp3) is 0.378. The summed E-state index contributed by atoms with van der Waals surface area (Å²) in [4.78, 5) is 0. The van der Waals surface area contributed by atoms with Crippen LogP contribution in [0.3, 0.4) is 0 Å². The number of fused-ring (bicyclic) bond motifs is 3. The summed E-state index contributed by atoms with van der Waals surface area (Å²) in [6.07, 6.45) is 22.4. The van der Waals surface area contributed by atoms with Crippen LogP contribution in [0, 0.1) is 43.9 Å². The Morgan fingerprint density at radius 2 is 0.682 bits per heavy atom. The topological polar surface area (TPSA) is 11.6 Å². The van der Waals surface area contributed by atoms with E-state index < -0.39 is 19.1 Å². The molecule has 0 unspecified atom stereocenters. The van der Waals surface area contributed by atoms with Crippen LogP contribution in [0.1, 0.15) is 160 Å². The molecule has 0 radical (unpaired) electrons. The minimum atomic E-state index is -1.22. The summed E-state index contributed by atoms with van der Waals surface area (Å²) in [5, 5.41) is 0. The molecule has 3 heteroatoms. The fourth-order valence-corrected chi connectivity index (χ4v) is 15.8. The molecule has 6 aliphatic carbocycles. The van der Waals surface area contributed by atoms with Crippen LogP contribution in [0.5, 0.6) is 0 Å². The lowest BCUT2D eigenvalue weighted by Gasteiger charge is -2.41. The molecule has 3 saturated carbocycles. The Kier molecular flexibility index (Phi) is 14.1. The van der Waals surface area contributed by atoms with Gasteiger partial charge in [0.05, 0.1) is 0 Å². The van der Waals surface area contributed by atoms with Crippen LogP contribution >= 0.6 is 0 Å². The largest absolute Gasteiger partial charge is 0.212 e. The molecule has 3 aromatic heterocycles. The quantitative estimate of drug-likeness (QED) is 0.147. The number of hydrogen-bond acceptors (Lipinski definition) is 0. The summed E-state index contributed by atoms with van der Waals surface area (Å²) in [5.41, 5.74) is 25.5. The molecule has 0 saturated heterocycles. The first-order valence-corrected chi connectivity index (χ1v) is 32.2. The minimum Gasteiger partial charge on any atom is -0.200 e. The Morgan fingerprint density at radius 1 is 0.306 bits per heavy atom. The summed E-state index contributed by atoms with van der Waals surface area (Å²) >= 11 is 0. The van der Waals surface area contributed by atoms with Crippen molar-refractivity contribution in [3.05, 3.63) is 232 Å². The number of rotatable bonds is 6. The van der Waals surface area contributed by atoms with Crippen molar-refractivity contribution >= 4 is 0 Å². The number of nitrogens with zero attached hydrogens (tertiary/aromatic N) is 3. The van der Waals surface area contributed by atoms with Gasteiger partial charge < -0.3 is 0 Å². The molecule has 85 heavy (non-hydrogen) atoms. The number of hydrogen-bond donors (Lipinski definition) is 0. The van der Waals surface area contributed by atoms with Gasteiger partial charge in [-0.05, 0) is 230 Å². The maximum atomic E-state index is 9.07. The highest BCUT2D eigenvalue weighted by molar-refractivity contribution is 5.72. The van der Waals surface area contributed by atoms with E-state index in [1.807, 2.05) is 0 Å². The van der Waals surface area contributed by atoms with E-state index in [1.54, 1.807) is 0 Å². The molecule has 3 fully saturated rings. The lowest BCUT2D eigenvalue weighted by atomic mass is 9.64. The first kappa shape index (κ1) is 50.0. The second kappa shape index (κ2) is 23.9. The molecule has 3 heterocycles. The van der Waals surface area contributed by atoms with Gasteiger partial charge in [-0.15, -0.1) is 0 Å². The zero-order valence-corrected chi connectivity index (χ0v) is 51.8. The molecule has 0 amide bonds. The Morgan fingerprint density at radius 3 is 1.16 bits per heavy atom. The van der Waals surface area contributed by atoms with E-state index in [-0.39, 0.29) is 16.2 Å². The van der Waals surface area contributed by atoms with Crippen molar-refractivity contribution in [2.75, 3.05) is 0 Å². The zero-order chi connectivity index (χ0) is 63.7. The third-order valence-corrected chi connectivity index (χ3v) is 20.6. The Labute approximate surface area is 518 Å². The van der Waals surface area contributed by atoms with Gasteiger partial charge in [0, 0.05) is 59.8 Å². The molecular weight excluding hydrogens is 1030 g/mol. The van der Waals surface area contributed by atoms with E-state index >= 15 is 0 Å². The maximum Gasteiger partial charge on any atom is 0.212 e.